The third kappa shape index (κ3) is 5.33. The van der Waals surface area contributed by atoms with Gasteiger partial charge in [-0.15, -0.1) is 0 Å². The van der Waals surface area contributed by atoms with Gasteiger partial charge in [-0.1, -0.05) is 24.3 Å². The average Bonchev–Trinajstić information content (AvgIpc) is 3.34. The molecule has 0 atom stereocenters. The standard InChI is InChI=1S/C23H19N5O3/c29-22(27-18-9-11-19(12-10-18)28-16-24-15-26-28)14-25-23(30)17-5-4-8-21(13-17)31-20-6-2-1-3-7-20/h1-13,15-16H,14H2,(H,25,30)(H,27,29). The van der Waals surface area contributed by atoms with E-state index in [9.17, 15) is 9.59 Å². The minimum atomic E-state index is -0.366. The van der Waals surface area contributed by atoms with Crippen molar-refractivity contribution in [2.75, 3.05) is 11.9 Å². The molecule has 0 unspecified atom stereocenters. The maximum absolute atomic E-state index is 12.4. The predicted molar refractivity (Wildman–Crippen MR) is 115 cm³/mol. The summed E-state index contributed by atoms with van der Waals surface area (Å²) in [6, 6.07) is 23.2. The Morgan fingerprint density at radius 2 is 1.68 bits per heavy atom. The van der Waals surface area contributed by atoms with Crippen molar-refractivity contribution in [1.82, 2.24) is 20.1 Å². The van der Waals surface area contributed by atoms with Crippen LogP contribution in [0.1, 0.15) is 10.4 Å². The zero-order chi connectivity index (χ0) is 21.5. The Kier molecular flexibility index (Phi) is 5.99. The molecule has 0 saturated heterocycles. The number of hydrogen-bond donors (Lipinski definition) is 2. The molecular weight excluding hydrogens is 394 g/mol. The Balaban J connectivity index is 1.30. The van der Waals surface area contributed by atoms with Gasteiger partial charge in [0.15, 0.2) is 0 Å². The van der Waals surface area contributed by atoms with Crippen LogP contribution in [0.3, 0.4) is 0 Å². The molecule has 1 heterocycles. The maximum Gasteiger partial charge on any atom is 0.251 e. The van der Waals surface area contributed by atoms with Crippen LogP contribution in [0.5, 0.6) is 11.5 Å². The van der Waals surface area contributed by atoms with Crippen LogP contribution in [0.15, 0.2) is 91.5 Å². The van der Waals surface area contributed by atoms with Gasteiger partial charge in [0.05, 0.1) is 12.2 Å². The first-order chi connectivity index (χ1) is 15.2. The van der Waals surface area contributed by atoms with Gasteiger partial charge in [0, 0.05) is 11.3 Å². The lowest BCUT2D eigenvalue weighted by atomic mass is 10.2. The summed E-state index contributed by atoms with van der Waals surface area (Å²) in [5.41, 5.74) is 1.83. The van der Waals surface area contributed by atoms with E-state index in [0.29, 0.717) is 22.7 Å². The van der Waals surface area contributed by atoms with Crippen LogP contribution in [0.2, 0.25) is 0 Å². The highest BCUT2D eigenvalue weighted by Crippen LogP contribution is 2.21. The molecule has 2 N–H and O–H groups in total. The Morgan fingerprint density at radius 1 is 0.903 bits per heavy atom. The zero-order valence-corrected chi connectivity index (χ0v) is 16.4. The van der Waals surface area contributed by atoms with Crippen LogP contribution in [0.4, 0.5) is 5.69 Å². The summed E-state index contributed by atoms with van der Waals surface area (Å²) in [7, 11) is 0. The first-order valence-corrected chi connectivity index (χ1v) is 9.53. The minimum Gasteiger partial charge on any atom is -0.457 e. The number of amides is 2. The summed E-state index contributed by atoms with van der Waals surface area (Å²) in [6.45, 7) is -0.159. The Bertz CT molecular complexity index is 1160. The van der Waals surface area contributed by atoms with Crippen LogP contribution in [-0.2, 0) is 4.79 Å². The average molecular weight is 413 g/mol. The number of anilines is 1. The number of benzene rings is 3. The number of hydrogen-bond acceptors (Lipinski definition) is 5. The van der Waals surface area contributed by atoms with Crippen molar-refractivity contribution in [1.29, 1.82) is 0 Å². The third-order valence-electron chi connectivity index (χ3n) is 4.32. The van der Waals surface area contributed by atoms with Gasteiger partial charge in [-0.05, 0) is 54.6 Å². The molecule has 8 heteroatoms. The fourth-order valence-corrected chi connectivity index (χ4v) is 2.83. The van der Waals surface area contributed by atoms with E-state index >= 15 is 0 Å². The monoisotopic (exact) mass is 413 g/mol. The highest BCUT2D eigenvalue weighted by molar-refractivity contribution is 5.99. The number of rotatable bonds is 7. The van der Waals surface area contributed by atoms with Gasteiger partial charge >= 0.3 is 0 Å². The van der Waals surface area contributed by atoms with Crippen LogP contribution in [-0.4, -0.2) is 33.1 Å². The molecule has 0 bridgehead atoms. The van der Waals surface area contributed by atoms with Crippen molar-refractivity contribution in [2.45, 2.75) is 0 Å². The fraction of sp³-hybridized carbons (Fsp3) is 0.0435. The molecule has 0 saturated carbocycles. The minimum absolute atomic E-state index is 0.159. The van der Waals surface area contributed by atoms with E-state index in [4.69, 9.17) is 4.74 Å². The largest absolute Gasteiger partial charge is 0.457 e. The highest BCUT2D eigenvalue weighted by Gasteiger charge is 2.10. The Morgan fingerprint density at radius 3 is 2.42 bits per heavy atom. The summed E-state index contributed by atoms with van der Waals surface area (Å²) in [4.78, 5) is 28.5. The number of nitrogens with zero attached hydrogens (tertiary/aromatic N) is 3. The van der Waals surface area contributed by atoms with Crippen LogP contribution in [0.25, 0.3) is 5.69 Å². The van der Waals surface area contributed by atoms with Crippen molar-refractivity contribution < 1.29 is 14.3 Å². The van der Waals surface area contributed by atoms with Gasteiger partial charge in [0.25, 0.3) is 5.91 Å². The van der Waals surface area contributed by atoms with Crippen molar-refractivity contribution in [3.05, 3.63) is 97.1 Å². The molecule has 0 aliphatic heterocycles. The van der Waals surface area contributed by atoms with Gasteiger partial charge in [-0.25, -0.2) is 9.67 Å². The van der Waals surface area contributed by atoms with E-state index in [1.54, 1.807) is 59.5 Å². The third-order valence-corrected chi connectivity index (χ3v) is 4.32. The van der Waals surface area contributed by atoms with Crippen LogP contribution in [0, 0.1) is 0 Å². The number of aromatic nitrogens is 3. The molecule has 0 fully saturated rings. The fourth-order valence-electron chi connectivity index (χ4n) is 2.83. The van der Waals surface area contributed by atoms with Gasteiger partial charge in [-0.3, -0.25) is 9.59 Å². The maximum atomic E-state index is 12.4. The van der Waals surface area contributed by atoms with Crippen molar-refractivity contribution >= 4 is 17.5 Å². The summed E-state index contributed by atoms with van der Waals surface area (Å²) in [5, 5.41) is 9.40. The molecule has 0 aliphatic rings. The highest BCUT2D eigenvalue weighted by atomic mass is 16.5. The smallest absolute Gasteiger partial charge is 0.251 e. The van der Waals surface area contributed by atoms with Crippen LogP contribution >= 0.6 is 0 Å². The molecule has 4 aromatic rings. The molecule has 31 heavy (non-hydrogen) atoms. The lowest BCUT2D eigenvalue weighted by Gasteiger charge is -2.09. The zero-order valence-electron chi connectivity index (χ0n) is 16.4. The molecule has 2 amide bonds. The van der Waals surface area contributed by atoms with Crippen molar-refractivity contribution in [3.63, 3.8) is 0 Å². The van der Waals surface area contributed by atoms with E-state index in [0.717, 1.165) is 5.69 Å². The van der Waals surface area contributed by atoms with E-state index in [1.807, 2.05) is 30.3 Å². The summed E-state index contributed by atoms with van der Waals surface area (Å²) in [5.74, 6) is 0.513. The number of para-hydroxylation sites is 1. The molecule has 0 aliphatic carbocycles. The van der Waals surface area contributed by atoms with Gasteiger partial charge in [0.1, 0.15) is 24.2 Å². The Labute approximate surface area is 178 Å². The first-order valence-electron chi connectivity index (χ1n) is 9.53. The van der Waals surface area contributed by atoms with E-state index in [1.165, 1.54) is 6.33 Å². The number of nitrogens with one attached hydrogen (secondary N) is 2. The summed E-state index contributed by atoms with van der Waals surface area (Å²) >= 11 is 0. The summed E-state index contributed by atoms with van der Waals surface area (Å²) in [6.07, 6.45) is 3.03. The van der Waals surface area contributed by atoms with Gasteiger partial charge in [0.2, 0.25) is 5.91 Å². The Hall–Kier alpha value is -4.46. The molecule has 1 aromatic heterocycles. The van der Waals surface area contributed by atoms with E-state index < -0.39 is 0 Å². The quantitative estimate of drug-likeness (QED) is 0.484. The molecule has 3 aromatic carbocycles. The molecular formula is C23H19N5O3. The van der Waals surface area contributed by atoms with E-state index in [-0.39, 0.29) is 18.4 Å². The lowest BCUT2D eigenvalue weighted by molar-refractivity contribution is -0.115. The molecule has 0 spiro atoms. The van der Waals surface area contributed by atoms with Gasteiger partial charge in [-0.2, -0.15) is 5.10 Å². The predicted octanol–water partition coefficient (Wildman–Crippen LogP) is 3.43. The number of carbonyl (C=O) groups excluding carboxylic acids is 2. The summed E-state index contributed by atoms with van der Waals surface area (Å²) < 4.78 is 7.35. The van der Waals surface area contributed by atoms with Crippen molar-refractivity contribution in [3.8, 4) is 17.2 Å². The van der Waals surface area contributed by atoms with Gasteiger partial charge < -0.3 is 15.4 Å². The van der Waals surface area contributed by atoms with E-state index in [2.05, 4.69) is 20.7 Å². The topological polar surface area (TPSA) is 98.1 Å². The normalized spacial score (nSPS) is 10.3. The second kappa shape index (κ2) is 9.36. The van der Waals surface area contributed by atoms with Crippen molar-refractivity contribution in [2.24, 2.45) is 0 Å². The first kappa shape index (κ1) is 19.8. The molecule has 0 radical (unpaired) electrons. The molecule has 154 valence electrons. The number of carbonyl (C=O) groups is 2. The molecule has 8 nitrogen and oxygen atoms in total. The molecule has 4 rings (SSSR count). The SMILES string of the molecule is O=C(CNC(=O)c1cccc(Oc2ccccc2)c1)Nc1ccc(-n2cncn2)cc1. The lowest BCUT2D eigenvalue weighted by Crippen LogP contribution is -2.32. The second-order valence-corrected chi connectivity index (χ2v) is 6.56. The number of ether oxygens (including phenoxy) is 1. The second-order valence-electron chi connectivity index (χ2n) is 6.56. The van der Waals surface area contributed by atoms with Crippen LogP contribution < -0.4 is 15.4 Å².